The Morgan fingerprint density at radius 2 is 1.54 bits per heavy atom. The highest BCUT2D eigenvalue weighted by atomic mass is 32.2. The van der Waals surface area contributed by atoms with Crippen LogP contribution in [-0.2, 0) is 11.2 Å². The van der Waals surface area contributed by atoms with Gasteiger partial charge in [-0.3, -0.25) is 4.79 Å². The van der Waals surface area contributed by atoms with E-state index in [1.807, 2.05) is 59.9 Å². The van der Waals surface area contributed by atoms with Gasteiger partial charge in [0.05, 0.1) is 6.42 Å². The number of amides is 1. The van der Waals surface area contributed by atoms with Crippen LogP contribution in [0.1, 0.15) is 44.4 Å². The molecule has 2 rings (SSSR count). The van der Waals surface area contributed by atoms with Gasteiger partial charge in [-0.1, -0.05) is 51.8 Å². The average Bonchev–Trinajstić information content (AvgIpc) is 2.63. The molecule has 0 bridgehead atoms. The molecule has 144 valence electrons. The van der Waals surface area contributed by atoms with E-state index in [1.165, 1.54) is 11.9 Å². The summed E-state index contributed by atoms with van der Waals surface area (Å²) >= 11 is 1.30. The number of carbonyl (C=O) groups excluding carboxylic acids is 1. The van der Waals surface area contributed by atoms with E-state index in [9.17, 15) is 9.90 Å². The number of benzene rings is 2. The quantitative estimate of drug-likeness (QED) is 0.647. The first kappa shape index (κ1) is 23.9. The fourth-order valence-electron chi connectivity index (χ4n) is 2.27. The van der Waals surface area contributed by atoms with Crippen molar-refractivity contribution in [2.45, 2.75) is 48.0 Å². The van der Waals surface area contributed by atoms with Crippen molar-refractivity contribution in [2.24, 2.45) is 0 Å². The van der Waals surface area contributed by atoms with Crippen molar-refractivity contribution in [2.75, 3.05) is 6.26 Å². The van der Waals surface area contributed by atoms with Crippen LogP contribution in [0.15, 0.2) is 36.4 Å². The standard InChI is InChI=1S/C17H19NO3S.2C2H6/c1-11-8-13(10-16(20)18-22-3)9-12(2)17(11)21-15-6-4-14(19)5-7-15;2*1-2/h4-9,19H,10H2,1-3H3,(H,18,20);2*1-2H3. The van der Waals surface area contributed by atoms with Crippen molar-refractivity contribution in [1.29, 1.82) is 0 Å². The van der Waals surface area contributed by atoms with Crippen molar-refractivity contribution in [1.82, 2.24) is 4.72 Å². The number of ether oxygens (including phenoxy) is 1. The first-order valence-corrected chi connectivity index (χ1v) is 10.1. The highest BCUT2D eigenvalue weighted by Gasteiger charge is 2.10. The highest BCUT2D eigenvalue weighted by molar-refractivity contribution is 7.97. The Morgan fingerprint density at radius 3 is 2.00 bits per heavy atom. The zero-order valence-corrected chi connectivity index (χ0v) is 17.7. The molecule has 0 aliphatic rings. The number of phenols is 1. The first-order valence-electron chi connectivity index (χ1n) is 8.88. The van der Waals surface area contributed by atoms with Gasteiger partial charge in [0.25, 0.3) is 0 Å². The van der Waals surface area contributed by atoms with Crippen LogP contribution in [0.25, 0.3) is 0 Å². The van der Waals surface area contributed by atoms with Crippen LogP contribution in [0.3, 0.4) is 0 Å². The normalized spacial score (nSPS) is 9.19. The minimum Gasteiger partial charge on any atom is -0.508 e. The largest absolute Gasteiger partial charge is 0.508 e. The summed E-state index contributed by atoms with van der Waals surface area (Å²) in [5, 5.41) is 9.30. The number of aryl methyl sites for hydroxylation is 2. The number of nitrogens with one attached hydrogen (secondary N) is 1. The number of carbonyl (C=O) groups is 1. The van der Waals surface area contributed by atoms with Crippen molar-refractivity contribution in [3.63, 3.8) is 0 Å². The smallest absolute Gasteiger partial charge is 0.234 e. The summed E-state index contributed by atoms with van der Waals surface area (Å²) in [5.74, 6) is 1.63. The lowest BCUT2D eigenvalue weighted by Gasteiger charge is -2.14. The van der Waals surface area contributed by atoms with Gasteiger partial charge in [-0.25, -0.2) is 0 Å². The summed E-state index contributed by atoms with van der Waals surface area (Å²) in [6.45, 7) is 11.9. The predicted octanol–water partition coefficient (Wildman–Crippen LogP) is 5.79. The maximum absolute atomic E-state index is 11.7. The highest BCUT2D eigenvalue weighted by Crippen LogP contribution is 2.30. The zero-order valence-electron chi connectivity index (χ0n) is 16.8. The maximum atomic E-state index is 11.7. The SMILES string of the molecule is CC.CC.CSNC(=O)Cc1cc(C)c(Oc2ccc(O)cc2)c(C)c1. The van der Waals surface area contributed by atoms with E-state index in [0.29, 0.717) is 12.2 Å². The van der Waals surface area contributed by atoms with E-state index >= 15 is 0 Å². The molecule has 0 unspecified atom stereocenters. The molecule has 0 aliphatic heterocycles. The molecule has 0 aromatic heterocycles. The van der Waals surface area contributed by atoms with Gasteiger partial charge in [0.2, 0.25) is 5.91 Å². The van der Waals surface area contributed by atoms with E-state index < -0.39 is 0 Å². The third kappa shape index (κ3) is 7.83. The van der Waals surface area contributed by atoms with Gasteiger partial charge in [-0.2, -0.15) is 0 Å². The van der Waals surface area contributed by atoms with Crippen LogP contribution >= 0.6 is 11.9 Å². The van der Waals surface area contributed by atoms with Gasteiger partial charge in [-0.05, 0) is 54.8 Å². The zero-order chi connectivity index (χ0) is 20.1. The van der Waals surface area contributed by atoms with Gasteiger partial charge in [0.1, 0.15) is 17.2 Å². The molecule has 0 radical (unpaired) electrons. The second kappa shape index (κ2) is 13.1. The number of hydrogen-bond donors (Lipinski definition) is 2. The Kier molecular flexibility index (Phi) is 12.0. The Morgan fingerprint density at radius 1 is 1.04 bits per heavy atom. The molecule has 2 aromatic carbocycles. The lowest BCUT2D eigenvalue weighted by molar-refractivity contribution is -0.118. The number of rotatable bonds is 5. The van der Waals surface area contributed by atoms with Crippen molar-refractivity contribution in [3.05, 3.63) is 53.1 Å². The van der Waals surface area contributed by atoms with Crippen LogP contribution in [0.2, 0.25) is 0 Å². The number of aromatic hydroxyl groups is 1. The molecule has 2 N–H and O–H groups in total. The number of hydrogen-bond acceptors (Lipinski definition) is 4. The van der Waals surface area contributed by atoms with E-state index in [4.69, 9.17) is 4.74 Å². The topological polar surface area (TPSA) is 58.6 Å². The minimum atomic E-state index is -0.0153. The molecule has 0 saturated heterocycles. The summed E-state index contributed by atoms with van der Waals surface area (Å²) in [6, 6.07) is 10.5. The fourth-order valence-corrected chi connectivity index (χ4v) is 2.57. The summed E-state index contributed by atoms with van der Waals surface area (Å²) in [6.07, 6.45) is 2.17. The summed E-state index contributed by atoms with van der Waals surface area (Å²) in [5.41, 5.74) is 2.90. The second-order valence-electron chi connectivity index (χ2n) is 5.06. The summed E-state index contributed by atoms with van der Waals surface area (Å²) in [4.78, 5) is 11.7. The van der Waals surface area contributed by atoms with Crippen LogP contribution in [0.5, 0.6) is 17.2 Å². The van der Waals surface area contributed by atoms with Crippen LogP contribution in [0, 0.1) is 13.8 Å². The van der Waals surface area contributed by atoms with Crippen LogP contribution in [0.4, 0.5) is 0 Å². The Labute approximate surface area is 162 Å². The molecule has 1 amide bonds. The Bertz CT molecular complexity index is 646. The molecule has 4 nitrogen and oxygen atoms in total. The number of phenolic OH excluding ortho intramolecular Hbond substituents is 1. The van der Waals surface area contributed by atoms with Crippen LogP contribution < -0.4 is 9.46 Å². The fraction of sp³-hybridized carbons (Fsp3) is 0.381. The Balaban J connectivity index is 0.00000146. The van der Waals surface area contributed by atoms with E-state index in [0.717, 1.165) is 22.4 Å². The van der Waals surface area contributed by atoms with Gasteiger partial charge in [0.15, 0.2) is 0 Å². The molecule has 0 aliphatic carbocycles. The van der Waals surface area contributed by atoms with Crippen LogP contribution in [-0.4, -0.2) is 17.3 Å². The molecular weight excluding hydrogens is 346 g/mol. The summed E-state index contributed by atoms with van der Waals surface area (Å²) in [7, 11) is 0. The van der Waals surface area contributed by atoms with E-state index in [2.05, 4.69) is 4.72 Å². The predicted molar refractivity (Wildman–Crippen MR) is 112 cm³/mol. The summed E-state index contributed by atoms with van der Waals surface area (Å²) < 4.78 is 8.60. The molecule has 2 aromatic rings. The lowest BCUT2D eigenvalue weighted by atomic mass is 10.0. The Hall–Kier alpha value is -2.14. The van der Waals surface area contributed by atoms with Crippen molar-refractivity contribution < 1.29 is 14.6 Å². The van der Waals surface area contributed by atoms with Crippen molar-refractivity contribution >= 4 is 17.9 Å². The minimum absolute atomic E-state index is 0.0153. The first-order chi connectivity index (χ1) is 12.5. The van der Waals surface area contributed by atoms with Gasteiger partial charge in [-0.15, -0.1) is 0 Å². The average molecular weight is 378 g/mol. The third-order valence-corrected chi connectivity index (χ3v) is 3.59. The van der Waals surface area contributed by atoms with Gasteiger partial charge >= 0.3 is 0 Å². The molecule has 26 heavy (non-hydrogen) atoms. The van der Waals surface area contributed by atoms with E-state index in [-0.39, 0.29) is 11.7 Å². The van der Waals surface area contributed by atoms with Crippen molar-refractivity contribution in [3.8, 4) is 17.2 Å². The molecule has 0 atom stereocenters. The second-order valence-corrected chi connectivity index (χ2v) is 5.67. The molecule has 0 saturated carbocycles. The van der Waals surface area contributed by atoms with Gasteiger partial charge in [0, 0.05) is 6.26 Å². The lowest BCUT2D eigenvalue weighted by Crippen LogP contribution is -2.17. The molecule has 0 fully saturated rings. The monoisotopic (exact) mass is 377 g/mol. The van der Waals surface area contributed by atoms with Gasteiger partial charge < -0.3 is 14.6 Å². The van der Waals surface area contributed by atoms with E-state index in [1.54, 1.807) is 24.3 Å². The maximum Gasteiger partial charge on any atom is 0.234 e. The molecule has 5 heteroatoms. The molecule has 0 spiro atoms. The molecule has 0 heterocycles. The third-order valence-electron chi connectivity index (χ3n) is 3.16. The molecular formula is C21H31NO3S.